The second-order valence-corrected chi connectivity index (χ2v) is 8.25. The van der Waals surface area contributed by atoms with Gasteiger partial charge >= 0.3 is 0 Å². The second kappa shape index (κ2) is 10.3. The van der Waals surface area contributed by atoms with E-state index in [1.165, 1.54) is 11.3 Å². The summed E-state index contributed by atoms with van der Waals surface area (Å²) in [5.41, 5.74) is 4.51. The van der Waals surface area contributed by atoms with Gasteiger partial charge in [0, 0.05) is 50.5 Å². The Kier molecular flexibility index (Phi) is 7.00. The zero-order valence-corrected chi connectivity index (χ0v) is 18.3. The van der Waals surface area contributed by atoms with Crippen LogP contribution in [0.25, 0.3) is 0 Å². The predicted molar refractivity (Wildman–Crippen MR) is 127 cm³/mol. The van der Waals surface area contributed by atoms with E-state index < -0.39 is 0 Å². The molecule has 4 nitrogen and oxygen atoms in total. The Labute approximate surface area is 185 Å². The van der Waals surface area contributed by atoms with Crippen LogP contribution in [0.2, 0.25) is 0 Å². The summed E-state index contributed by atoms with van der Waals surface area (Å²) < 4.78 is 0. The average molecular weight is 414 g/mol. The van der Waals surface area contributed by atoms with Gasteiger partial charge in [0.1, 0.15) is 0 Å². The number of para-hydroxylation sites is 1. The molecule has 1 heterocycles. The molecule has 4 rings (SSSR count). The maximum absolute atomic E-state index is 13.3. The van der Waals surface area contributed by atoms with E-state index in [0.717, 1.165) is 43.7 Å². The Morgan fingerprint density at radius 3 is 2.13 bits per heavy atom. The normalized spacial score (nSPS) is 14.4. The van der Waals surface area contributed by atoms with Gasteiger partial charge in [-0.1, -0.05) is 66.7 Å². The summed E-state index contributed by atoms with van der Waals surface area (Å²) in [6, 6.07) is 28.5. The number of carbonyl (C=O) groups is 1. The maximum Gasteiger partial charge on any atom is 0.254 e. The number of likely N-dealkylation sites (N-methyl/N-ethyl adjacent to an activating group) is 1. The zero-order chi connectivity index (χ0) is 21.5. The molecule has 1 amide bonds. The monoisotopic (exact) mass is 413 g/mol. The summed E-state index contributed by atoms with van der Waals surface area (Å²) in [6.45, 7) is 5.56. The number of hydrogen-bond acceptors (Lipinski definition) is 3. The predicted octanol–water partition coefficient (Wildman–Crippen LogP) is 4.32. The number of anilines is 1. The van der Waals surface area contributed by atoms with Crippen LogP contribution in [-0.2, 0) is 13.0 Å². The average Bonchev–Trinajstić information content (AvgIpc) is 2.83. The molecule has 0 spiro atoms. The van der Waals surface area contributed by atoms with Crippen LogP contribution in [0, 0.1) is 0 Å². The van der Waals surface area contributed by atoms with E-state index >= 15 is 0 Å². The summed E-state index contributed by atoms with van der Waals surface area (Å²) in [6.07, 6.45) is 0.841. The zero-order valence-electron chi connectivity index (χ0n) is 18.3. The Morgan fingerprint density at radius 2 is 1.42 bits per heavy atom. The summed E-state index contributed by atoms with van der Waals surface area (Å²) >= 11 is 0. The van der Waals surface area contributed by atoms with Crippen LogP contribution in [0.5, 0.6) is 0 Å². The first-order valence-electron chi connectivity index (χ1n) is 11.1. The third kappa shape index (κ3) is 5.53. The third-order valence-corrected chi connectivity index (χ3v) is 6.01. The van der Waals surface area contributed by atoms with Gasteiger partial charge in [0.25, 0.3) is 5.91 Å². The smallest absolute Gasteiger partial charge is 0.254 e. The first kappa shape index (κ1) is 21.1. The van der Waals surface area contributed by atoms with Gasteiger partial charge in [-0.15, -0.1) is 0 Å². The first-order chi connectivity index (χ1) is 15.2. The minimum Gasteiger partial charge on any atom is -0.369 e. The minimum atomic E-state index is 0.0848. The lowest BCUT2D eigenvalue weighted by molar-refractivity contribution is 0.0745. The van der Waals surface area contributed by atoms with E-state index in [4.69, 9.17) is 0 Å². The van der Waals surface area contributed by atoms with Crippen molar-refractivity contribution in [2.45, 2.75) is 13.0 Å². The fourth-order valence-electron chi connectivity index (χ4n) is 4.15. The maximum atomic E-state index is 13.3. The molecule has 0 N–H and O–H groups in total. The summed E-state index contributed by atoms with van der Waals surface area (Å²) in [4.78, 5) is 20.1. The van der Waals surface area contributed by atoms with Crippen molar-refractivity contribution in [3.8, 4) is 0 Å². The number of hydrogen-bond donors (Lipinski definition) is 0. The van der Waals surface area contributed by atoms with Gasteiger partial charge in [-0.05, 0) is 42.8 Å². The van der Waals surface area contributed by atoms with Crippen molar-refractivity contribution in [3.05, 3.63) is 102 Å². The second-order valence-electron chi connectivity index (χ2n) is 8.25. The molecule has 0 radical (unpaired) electrons. The molecule has 1 aliphatic rings. The minimum absolute atomic E-state index is 0.0848. The molecule has 3 aromatic carbocycles. The Bertz CT molecular complexity index is 966. The van der Waals surface area contributed by atoms with Crippen molar-refractivity contribution in [3.63, 3.8) is 0 Å². The highest BCUT2D eigenvalue weighted by Gasteiger charge is 2.19. The number of amides is 1. The number of nitrogens with zero attached hydrogens (tertiary/aromatic N) is 3. The molecule has 0 unspecified atom stereocenters. The Morgan fingerprint density at radius 1 is 0.806 bits per heavy atom. The largest absolute Gasteiger partial charge is 0.369 e. The quantitative estimate of drug-likeness (QED) is 0.577. The van der Waals surface area contributed by atoms with Gasteiger partial charge < -0.3 is 14.7 Å². The number of rotatable bonds is 7. The molecule has 1 aliphatic heterocycles. The van der Waals surface area contributed by atoms with Crippen molar-refractivity contribution in [2.75, 3.05) is 44.7 Å². The van der Waals surface area contributed by atoms with Crippen LogP contribution in [0.3, 0.4) is 0 Å². The fourth-order valence-corrected chi connectivity index (χ4v) is 4.15. The van der Waals surface area contributed by atoms with Crippen LogP contribution >= 0.6 is 0 Å². The number of carbonyl (C=O) groups excluding carboxylic acids is 1. The Hall–Kier alpha value is -3.11. The molecule has 31 heavy (non-hydrogen) atoms. The molecule has 4 heteroatoms. The van der Waals surface area contributed by atoms with Gasteiger partial charge in [-0.2, -0.15) is 0 Å². The number of piperazine rings is 1. The van der Waals surface area contributed by atoms with Crippen LogP contribution < -0.4 is 4.90 Å². The topological polar surface area (TPSA) is 26.8 Å². The molecule has 0 saturated carbocycles. The lowest BCUT2D eigenvalue weighted by atomic mass is 10.1. The van der Waals surface area contributed by atoms with E-state index in [-0.39, 0.29) is 5.91 Å². The molecular weight excluding hydrogens is 382 g/mol. The number of benzene rings is 3. The van der Waals surface area contributed by atoms with Crippen molar-refractivity contribution in [1.29, 1.82) is 0 Å². The summed E-state index contributed by atoms with van der Waals surface area (Å²) in [5, 5.41) is 0. The molecule has 3 aromatic rings. The van der Waals surface area contributed by atoms with Gasteiger partial charge in [0.15, 0.2) is 0 Å². The molecule has 0 aliphatic carbocycles. The van der Waals surface area contributed by atoms with Gasteiger partial charge in [0.2, 0.25) is 0 Å². The van der Waals surface area contributed by atoms with Crippen LogP contribution in [0.15, 0.2) is 84.9 Å². The molecular formula is C27H31N3O. The molecule has 0 bridgehead atoms. The lowest BCUT2D eigenvalue weighted by Crippen LogP contribution is -2.44. The lowest BCUT2D eigenvalue weighted by Gasteiger charge is -2.35. The van der Waals surface area contributed by atoms with Crippen LogP contribution in [0.4, 0.5) is 5.69 Å². The van der Waals surface area contributed by atoms with Crippen molar-refractivity contribution >= 4 is 11.6 Å². The summed E-state index contributed by atoms with van der Waals surface area (Å²) in [5.74, 6) is 0.0848. The molecule has 0 atom stereocenters. The van der Waals surface area contributed by atoms with E-state index in [0.29, 0.717) is 13.1 Å². The van der Waals surface area contributed by atoms with E-state index in [9.17, 15) is 4.79 Å². The van der Waals surface area contributed by atoms with Crippen molar-refractivity contribution in [1.82, 2.24) is 9.80 Å². The van der Waals surface area contributed by atoms with Crippen LogP contribution in [0.1, 0.15) is 21.5 Å². The van der Waals surface area contributed by atoms with Gasteiger partial charge in [-0.25, -0.2) is 0 Å². The van der Waals surface area contributed by atoms with E-state index in [1.807, 2.05) is 53.4 Å². The van der Waals surface area contributed by atoms with Gasteiger partial charge in [0.05, 0.1) is 0 Å². The molecule has 1 fully saturated rings. The standard InChI is InChI=1S/C27H31N3O/c1-28-18-20-29(21-19-28)26-15-9-8-12-24(26)16-17-30(22-23-10-4-2-5-11-23)27(31)25-13-6-3-7-14-25/h2-15H,16-22H2,1H3. The Balaban J connectivity index is 1.52. The highest BCUT2D eigenvalue weighted by molar-refractivity contribution is 5.94. The summed E-state index contributed by atoms with van der Waals surface area (Å²) in [7, 11) is 2.18. The molecule has 160 valence electrons. The SMILES string of the molecule is CN1CCN(c2ccccc2CCN(Cc2ccccc2)C(=O)c2ccccc2)CC1. The van der Waals surface area contributed by atoms with Gasteiger partial charge in [-0.3, -0.25) is 4.79 Å². The van der Waals surface area contributed by atoms with Crippen LogP contribution in [-0.4, -0.2) is 55.5 Å². The highest BCUT2D eigenvalue weighted by Crippen LogP contribution is 2.23. The third-order valence-electron chi connectivity index (χ3n) is 6.01. The highest BCUT2D eigenvalue weighted by atomic mass is 16.2. The van der Waals surface area contributed by atoms with E-state index in [2.05, 4.69) is 53.2 Å². The van der Waals surface area contributed by atoms with Crippen molar-refractivity contribution < 1.29 is 4.79 Å². The first-order valence-corrected chi connectivity index (χ1v) is 11.1. The fraction of sp³-hybridized carbons (Fsp3) is 0.296. The van der Waals surface area contributed by atoms with Crippen molar-refractivity contribution in [2.24, 2.45) is 0 Å². The molecule has 1 saturated heterocycles. The molecule has 0 aromatic heterocycles. The van der Waals surface area contributed by atoms with E-state index in [1.54, 1.807) is 0 Å².